The Morgan fingerprint density at radius 2 is 1.58 bits per heavy atom. The van der Waals surface area contributed by atoms with E-state index in [0.717, 1.165) is 0 Å². The molecule has 0 heterocycles. The summed E-state index contributed by atoms with van der Waals surface area (Å²) in [5.74, 6) is -0.939. The normalized spacial score (nSPS) is 11.5. The van der Waals surface area contributed by atoms with Crippen LogP contribution in [-0.4, -0.2) is 23.8 Å². The Labute approximate surface area is 72.9 Å². The van der Waals surface area contributed by atoms with Crippen molar-refractivity contribution in [1.29, 1.82) is 0 Å². The number of rotatable bonds is 4. The van der Waals surface area contributed by atoms with E-state index in [2.05, 4.69) is 4.99 Å². The third kappa shape index (κ3) is 4.01. The molecule has 0 unspecified atom stereocenters. The maximum atomic E-state index is 10.9. The van der Waals surface area contributed by atoms with Crippen LogP contribution in [0.5, 0.6) is 0 Å². The van der Waals surface area contributed by atoms with Gasteiger partial charge in [0.25, 0.3) is 0 Å². The SMILES string of the molecule is CC(=O)C(C=NC(C)C)C(C)=O. The third-order valence-electron chi connectivity index (χ3n) is 1.41. The van der Waals surface area contributed by atoms with Gasteiger partial charge in [0.05, 0.1) is 0 Å². The second-order valence-electron chi connectivity index (χ2n) is 3.09. The molecule has 0 atom stereocenters. The highest BCUT2D eigenvalue weighted by atomic mass is 16.1. The fourth-order valence-electron chi connectivity index (χ4n) is 0.754. The van der Waals surface area contributed by atoms with Crippen LogP contribution in [0, 0.1) is 5.92 Å². The second-order valence-corrected chi connectivity index (χ2v) is 3.09. The van der Waals surface area contributed by atoms with Crippen molar-refractivity contribution in [2.24, 2.45) is 10.9 Å². The number of ketones is 2. The van der Waals surface area contributed by atoms with Crippen molar-refractivity contribution in [3.8, 4) is 0 Å². The maximum Gasteiger partial charge on any atom is 0.145 e. The van der Waals surface area contributed by atoms with Crippen LogP contribution in [0.15, 0.2) is 4.99 Å². The van der Waals surface area contributed by atoms with Crippen LogP contribution < -0.4 is 0 Å². The Morgan fingerprint density at radius 3 is 1.83 bits per heavy atom. The summed E-state index contributed by atoms with van der Waals surface area (Å²) < 4.78 is 0. The molecule has 0 rings (SSSR count). The highest BCUT2D eigenvalue weighted by Gasteiger charge is 2.16. The zero-order chi connectivity index (χ0) is 9.72. The molecule has 0 saturated heterocycles. The molecule has 0 aliphatic rings. The van der Waals surface area contributed by atoms with Gasteiger partial charge in [-0.05, 0) is 27.7 Å². The zero-order valence-corrected chi connectivity index (χ0v) is 8.00. The Hall–Kier alpha value is -0.990. The van der Waals surface area contributed by atoms with E-state index in [-0.39, 0.29) is 17.6 Å². The summed E-state index contributed by atoms with van der Waals surface area (Å²) in [6, 6.07) is 0.131. The van der Waals surface area contributed by atoms with Gasteiger partial charge in [-0.25, -0.2) is 0 Å². The lowest BCUT2D eigenvalue weighted by molar-refractivity contribution is -0.127. The average molecular weight is 169 g/mol. The van der Waals surface area contributed by atoms with Gasteiger partial charge >= 0.3 is 0 Å². The maximum absolute atomic E-state index is 10.9. The van der Waals surface area contributed by atoms with Crippen LogP contribution in [0.3, 0.4) is 0 Å². The van der Waals surface area contributed by atoms with Gasteiger partial charge in [0.2, 0.25) is 0 Å². The molecule has 12 heavy (non-hydrogen) atoms. The first kappa shape index (κ1) is 11.0. The van der Waals surface area contributed by atoms with Crippen molar-refractivity contribution in [2.45, 2.75) is 33.7 Å². The standard InChI is InChI=1S/C9H15NO2/c1-6(2)10-5-9(7(3)11)8(4)12/h5-6,9H,1-4H3. The van der Waals surface area contributed by atoms with Crippen molar-refractivity contribution in [2.75, 3.05) is 0 Å². The molecule has 0 fully saturated rings. The summed E-state index contributed by atoms with van der Waals surface area (Å²) in [7, 11) is 0. The fourth-order valence-corrected chi connectivity index (χ4v) is 0.754. The van der Waals surface area contributed by atoms with Gasteiger partial charge in [-0.3, -0.25) is 14.6 Å². The van der Waals surface area contributed by atoms with E-state index in [1.807, 2.05) is 13.8 Å². The van der Waals surface area contributed by atoms with E-state index in [4.69, 9.17) is 0 Å². The molecule has 0 saturated carbocycles. The Morgan fingerprint density at radius 1 is 1.17 bits per heavy atom. The number of carbonyl (C=O) groups excluding carboxylic acids is 2. The van der Waals surface area contributed by atoms with Gasteiger partial charge in [-0.2, -0.15) is 0 Å². The summed E-state index contributed by atoms with van der Waals surface area (Å²) in [5, 5.41) is 0. The van der Waals surface area contributed by atoms with Crippen molar-refractivity contribution in [3.05, 3.63) is 0 Å². The van der Waals surface area contributed by atoms with Crippen LogP contribution in [0.25, 0.3) is 0 Å². The highest BCUT2D eigenvalue weighted by molar-refractivity contribution is 6.12. The van der Waals surface area contributed by atoms with Crippen LogP contribution in [0.1, 0.15) is 27.7 Å². The molecule has 0 aliphatic heterocycles. The van der Waals surface area contributed by atoms with E-state index in [0.29, 0.717) is 0 Å². The highest BCUT2D eigenvalue weighted by Crippen LogP contribution is 1.98. The fraction of sp³-hybridized carbons (Fsp3) is 0.667. The largest absolute Gasteiger partial charge is 0.299 e. The molecule has 3 heteroatoms. The third-order valence-corrected chi connectivity index (χ3v) is 1.41. The first-order chi connectivity index (χ1) is 5.45. The molecule has 0 radical (unpaired) electrons. The van der Waals surface area contributed by atoms with E-state index in [1.165, 1.54) is 20.1 Å². The molecule has 0 N–H and O–H groups in total. The smallest absolute Gasteiger partial charge is 0.145 e. The van der Waals surface area contributed by atoms with E-state index >= 15 is 0 Å². The lowest BCUT2D eigenvalue weighted by atomic mass is 10.0. The summed E-state index contributed by atoms with van der Waals surface area (Å²) in [4.78, 5) is 25.8. The number of hydrogen-bond donors (Lipinski definition) is 0. The van der Waals surface area contributed by atoms with E-state index in [1.54, 1.807) is 0 Å². The van der Waals surface area contributed by atoms with Crippen molar-refractivity contribution < 1.29 is 9.59 Å². The van der Waals surface area contributed by atoms with Gasteiger partial charge < -0.3 is 0 Å². The Bertz CT molecular complexity index is 193. The molecule has 0 aliphatic carbocycles. The van der Waals surface area contributed by atoms with Gasteiger partial charge in [0, 0.05) is 12.3 Å². The summed E-state index contributed by atoms with van der Waals surface area (Å²) in [6.07, 6.45) is 1.44. The predicted octanol–water partition coefficient (Wildman–Crippen LogP) is 1.26. The number of hydrogen-bond acceptors (Lipinski definition) is 3. The van der Waals surface area contributed by atoms with Gasteiger partial charge in [-0.1, -0.05) is 0 Å². The van der Waals surface area contributed by atoms with Gasteiger partial charge in [-0.15, -0.1) is 0 Å². The Balaban J connectivity index is 4.34. The molecule has 0 amide bonds. The monoisotopic (exact) mass is 169 g/mol. The van der Waals surface area contributed by atoms with E-state index < -0.39 is 5.92 Å². The molecular formula is C9H15NO2. The molecule has 0 aromatic carbocycles. The lowest BCUT2D eigenvalue weighted by Crippen LogP contribution is -2.21. The summed E-state index contributed by atoms with van der Waals surface area (Å²) in [6.45, 7) is 6.60. The van der Waals surface area contributed by atoms with Gasteiger partial charge in [0.15, 0.2) is 0 Å². The summed E-state index contributed by atoms with van der Waals surface area (Å²) >= 11 is 0. The van der Waals surface area contributed by atoms with Crippen LogP contribution in [-0.2, 0) is 9.59 Å². The van der Waals surface area contributed by atoms with Crippen LogP contribution >= 0.6 is 0 Å². The van der Waals surface area contributed by atoms with E-state index in [9.17, 15) is 9.59 Å². The average Bonchev–Trinajstić information content (AvgIpc) is 1.84. The quantitative estimate of drug-likeness (QED) is 0.470. The molecule has 0 aromatic heterocycles. The molecule has 68 valence electrons. The molecule has 0 bridgehead atoms. The first-order valence-electron chi connectivity index (χ1n) is 3.99. The predicted molar refractivity (Wildman–Crippen MR) is 48.5 cm³/mol. The minimum absolute atomic E-state index is 0.131. The lowest BCUT2D eigenvalue weighted by Gasteiger charge is -2.03. The second kappa shape index (κ2) is 4.80. The molecule has 0 spiro atoms. The first-order valence-corrected chi connectivity index (χ1v) is 3.99. The number of aliphatic imine (C=N–C) groups is 1. The van der Waals surface area contributed by atoms with Gasteiger partial charge in [0.1, 0.15) is 17.5 Å². The minimum Gasteiger partial charge on any atom is -0.299 e. The number of nitrogens with zero attached hydrogens (tertiary/aromatic N) is 1. The zero-order valence-electron chi connectivity index (χ0n) is 8.00. The Kier molecular flexibility index (Phi) is 4.40. The number of Topliss-reactive ketones (excluding diaryl/α,β-unsaturated/α-hetero) is 2. The van der Waals surface area contributed by atoms with Crippen LogP contribution in [0.4, 0.5) is 0 Å². The van der Waals surface area contributed by atoms with Crippen LogP contribution in [0.2, 0.25) is 0 Å². The summed E-state index contributed by atoms with van der Waals surface area (Å²) in [5.41, 5.74) is 0. The molecule has 3 nitrogen and oxygen atoms in total. The molecular weight excluding hydrogens is 154 g/mol. The van der Waals surface area contributed by atoms with Crippen molar-refractivity contribution >= 4 is 17.8 Å². The molecule has 0 aromatic rings. The minimum atomic E-state index is -0.646. The topological polar surface area (TPSA) is 46.5 Å². The van der Waals surface area contributed by atoms with Crippen molar-refractivity contribution in [1.82, 2.24) is 0 Å². The number of carbonyl (C=O) groups is 2. The van der Waals surface area contributed by atoms with Crippen molar-refractivity contribution in [3.63, 3.8) is 0 Å².